The summed E-state index contributed by atoms with van der Waals surface area (Å²) in [5.41, 5.74) is -5.10. The largest absolute Gasteiger partial charge is 0.464 e. The van der Waals surface area contributed by atoms with Crippen molar-refractivity contribution in [1.82, 2.24) is 4.90 Å². The van der Waals surface area contributed by atoms with Crippen LogP contribution >= 0.6 is 0 Å². The summed E-state index contributed by atoms with van der Waals surface area (Å²) in [4.78, 5) is 44.5. The minimum absolute atomic E-state index is 0.303. The monoisotopic (exact) mass is 424 g/mol. The first kappa shape index (κ1) is 23.8. The first-order valence-electron chi connectivity index (χ1n) is 7.96. The molecule has 1 rings (SSSR count). The average molecular weight is 424 g/mol. The maximum atomic E-state index is 14.2. The van der Waals surface area contributed by atoms with Gasteiger partial charge < -0.3 is 14.4 Å². The summed E-state index contributed by atoms with van der Waals surface area (Å²) in [6.07, 6.45) is -5.41. The Balaban J connectivity index is 3.38. The molecule has 9 nitrogen and oxygen atoms in total. The standard InChI is InChI=1S/C16H16F4N2O7/c1-9(23)28-7-5-21(6-8-29-10(2)24)15(25)13-11(17)3-4-12(22(26)27)14(13)16(18,19)20/h3-4H,5-8H2,1-2H3. The molecular weight excluding hydrogens is 408 g/mol. The van der Waals surface area contributed by atoms with E-state index in [1.807, 2.05) is 0 Å². The molecule has 0 aliphatic rings. The van der Waals surface area contributed by atoms with Gasteiger partial charge in [-0.05, 0) is 6.07 Å². The molecule has 0 N–H and O–H groups in total. The summed E-state index contributed by atoms with van der Waals surface area (Å²) in [6, 6.07) is 0.675. The van der Waals surface area contributed by atoms with Gasteiger partial charge in [0.2, 0.25) is 0 Å². The highest BCUT2D eigenvalue weighted by molar-refractivity contribution is 5.97. The van der Waals surface area contributed by atoms with Crippen molar-refractivity contribution in [2.24, 2.45) is 0 Å². The SMILES string of the molecule is CC(=O)OCCN(CCOC(C)=O)C(=O)c1c(F)ccc([N+](=O)[O-])c1C(F)(F)F. The van der Waals surface area contributed by atoms with E-state index < -0.39 is 77.9 Å². The zero-order chi connectivity index (χ0) is 22.4. The molecular formula is C16H16F4N2O7. The summed E-state index contributed by atoms with van der Waals surface area (Å²) in [5, 5.41) is 11.0. The maximum Gasteiger partial charge on any atom is 0.423 e. The van der Waals surface area contributed by atoms with Crippen LogP contribution in [0, 0.1) is 15.9 Å². The Hall–Kier alpha value is -3.25. The van der Waals surface area contributed by atoms with E-state index in [9.17, 15) is 42.1 Å². The number of hydrogen-bond acceptors (Lipinski definition) is 7. The molecule has 0 saturated carbocycles. The van der Waals surface area contributed by atoms with Gasteiger partial charge in [-0.15, -0.1) is 0 Å². The summed E-state index contributed by atoms with van der Waals surface area (Å²) in [5.74, 6) is -4.65. The number of benzene rings is 1. The molecule has 29 heavy (non-hydrogen) atoms. The third-order valence-electron chi connectivity index (χ3n) is 3.45. The fourth-order valence-electron chi connectivity index (χ4n) is 2.29. The molecule has 0 aliphatic carbocycles. The second-order valence-electron chi connectivity index (χ2n) is 5.54. The summed E-state index contributed by atoms with van der Waals surface area (Å²) >= 11 is 0. The van der Waals surface area contributed by atoms with Crippen molar-refractivity contribution in [2.75, 3.05) is 26.3 Å². The van der Waals surface area contributed by atoms with E-state index in [1.54, 1.807) is 0 Å². The Labute approximate surface area is 161 Å². The molecule has 0 aromatic heterocycles. The van der Waals surface area contributed by atoms with Crippen molar-refractivity contribution >= 4 is 23.5 Å². The van der Waals surface area contributed by atoms with Crippen LogP contribution in [0.2, 0.25) is 0 Å². The first-order chi connectivity index (χ1) is 13.4. The van der Waals surface area contributed by atoms with Crippen molar-refractivity contribution in [1.29, 1.82) is 0 Å². The highest BCUT2D eigenvalue weighted by Gasteiger charge is 2.44. The lowest BCUT2D eigenvalue weighted by atomic mass is 10.0. The number of nitro groups is 1. The lowest BCUT2D eigenvalue weighted by Crippen LogP contribution is -2.38. The van der Waals surface area contributed by atoms with Gasteiger partial charge in [-0.25, -0.2) is 4.39 Å². The topological polar surface area (TPSA) is 116 Å². The predicted octanol–water partition coefficient (Wildman–Crippen LogP) is 2.32. The van der Waals surface area contributed by atoms with E-state index in [0.29, 0.717) is 17.0 Å². The summed E-state index contributed by atoms with van der Waals surface area (Å²) < 4.78 is 63.6. The summed E-state index contributed by atoms with van der Waals surface area (Å²) in [7, 11) is 0. The van der Waals surface area contributed by atoms with Gasteiger partial charge in [-0.1, -0.05) is 0 Å². The van der Waals surface area contributed by atoms with Gasteiger partial charge in [0.15, 0.2) is 0 Å². The number of amides is 1. The Morgan fingerprint density at radius 2 is 1.55 bits per heavy atom. The Bertz CT molecular complexity index is 791. The van der Waals surface area contributed by atoms with Crippen molar-refractivity contribution in [3.63, 3.8) is 0 Å². The molecule has 0 atom stereocenters. The molecule has 0 fully saturated rings. The van der Waals surface area contributed by atoms with Gasteiger partial charge in [-0.2, -0.15) is 13.2 Å². The Kier molecular flexibility index (Phi) is 8.04. The van der Waals surface area contributed by atoms with Crippen LogP contribution in [0.3, 0.4) is 0 Å². The van der Waals surface area contributed by atoms with Crippen molar-refractivity contribution in [3.05, 3.63) is 39.2 Å². The minimum Gasteiger partial charge on any atom is -0.464 e. The second kappa shape index (κ2) is 9.80. The van der Waals surface area contributed by atoms with E-state index in [2.05, 4.69) is 9.47 Å². The number of halogens is 4. The number of carbonyl (C=O) groups excluding carboxylic acids is 3. The molecule has 13 heteroatoms. The molecule has 0 heterocycles. The van der Waals surface area contributed by atoms with Gasteiger partial charge in [-0.3, -0.25) is 24.5 Å². The van der Waals surface area contributed by atoms with E-state index in [4.69, 9.17) is 0 Å². The third kappa shape index (κ3) is 6.69. The zero-order valence-electron chi connectivity index (χ0n) is 15.2. The van der Waals surface area contributed by atoms with E-state index >= 15 is 0 Å². The van der Waals surface area contributed by atoms with Crippen LogP contribution in [0.4, 0.5) is 23.2 Å². The molecule has 0 saturated heterocycles. The lowest BCUT2D eigenvalue weighted by Gasteiger charge is -2.24. The molecule has 1 aromatic carbocycles. The van der Waals surface area contributed by atoms with Gasteiger partial charge in [0, 0.05) is 19.9 Å². The highest BCUT2D eigenvalue weighted by Crippen LogP contribution is 2.40. The van der Waals surface area contributed by atoms with Gasteiger partial charge in [0.25, 0.3) is 11.6 Å². The van der Waals surface area contributed by atoms with E-state index in [0.717, 1.165) is 13.8 Å². The highest BCUT2D eigenvalue weighted by atomic mass is 19.4. The van der Waals surface area contributed by atoms with Crippen LogP contribution in [-0.4, -0.2) is 54.0 Å². The maximum absolute atomic E-state index is 14.2. The Morgan fingerprint density at radius 3 is 1.93 bits per heavy atom. The van der Waals surface area contributed by atoms with Crippen LogP contribution in [0.25, 0.3) is 0 Å². The molecule has 160 valence electrons. The zero-order valence-corrected chi connectivity index (χ0v) is 15.2. The van der Waals surface area contributed by atoms with E-state index in [-0.39, 0.29) is 0 Å². The van der Waals surface area contributed by atoms with Gasteiger partial charge in [0.05, 0.1) is 23.6 Å². The molecule has 0 aliphatic heterocycles. The number of alkyl halides is 3. The molecule has 0 bridgehead atoms. The number of esters is 2. The molecule has 0 radical (unpaired) electrons. The summed E-state index contributed by atoms with van der Waals surface area (Å²) in [6.45, 7) is 0.260. The van der Waals surface area contributed by atoms with Crippen molar-refractivity contribution in [2.45, 2.75) is 20.0 Å². The minimum atomic E-state index is -5.41. The number of nitro benzene ring substituents is 1. The fraction of sp³-hybridized carbons (Fsp3) is 0.438. The van der Waals surface area contributed by atoms with E-state index in [1.165, 1.54) is 0 Å². The number of hydrogen-bond donors (Lipinski definition) is 0. The quantitative estimate of drug-likeness (QED) is 0.272. The van der Waals surface area contributed by atoms with Crippen molar-refractivity contribution < 1.29 is 46.3 Å². The smallest absolute Gasteiger partial charge is 0.423 e. The predicted molar refractivity (Wildman–Crippen MR) is 87.2 cm³/mol. The van der Waals surface area contributed by atoms with Crippen LogP contribution in [0.1, 0.15) is 29.8 Å². The normalized spacial score (nSPS) is 11.0. The molecule has 1 aromatic rings. The molecule has 1 amide bonds. The number of ether oxygens (including phenoxy) is 2. The van der Waals surface area contributed by atoms with Gasteiger partial charge in [0.1, 0.15) is 24.6 Å². The van der Waals surface area contributed by atoms with Crippen LogP contribution in [-0.2, 0) is 25.2 Å². The van der Waals surface area contributed by atoms with Crippen LogP contribution in [0.5, 0.6) is 0 Å². The first-order valence-corrected chi connectivity index (χ1v) is 7.96. The van der Waals surface area contributed by atoms with Crippen LogP contribution in [0.15, 0.2) is 12.1 Å². The third-order valence-corrected chi connectivity index (χ3v) is 3.45. The molecule has 0 unspecified atom stereocenters. The fourth-order valence-corrected chi connectivity index (χ4v) is 2.29. The average Bonchev–Trinajstić information content (AvgIpc) is 2.57. The van der Waals surface area contributed by atoms with Crippen molar-refractivity contribution in [3.8, 4) is 0 Å². The Morgan fingerprint density at radius 1 is 1.07 bits per heavy atom. The number of nitrogens with zero attached hydrogens (tertiary/aromatic N) is 2. The second-order valence-corrected chi connectivity index (χ2v) is 5.54. The number of rotatable bonds is 8. The number of carbonyl (C=O) groups is 3. The lowest BCUT2D eigenvalue weighted by molar-refractivity contribution is -0.388. The van der Waals surface area contributed by atoms with Crippen LogP contribution < -0.4 is 0 Å². The van der Waals surface area contributed by atoms with Gasteiger partial charge >= 0.3 is 18.1 Å². The molecule has 0 spiro atoms.